The first-order valence-electron chi connectivity index (χ1n) is 8.87. The van der Waals surface area contributed by atoms with Crippen molar-refractivity contribution in [1.82, 2.24) is 5.32 Å². The lowest BCUT2D eigenvalue weighted by Gasteiger charge is -2.10. The van der Waals surface area contributed by atoms with Gasteiger partial charge in [-0.3, -0.25) is 9.59 Å². The number of unbranched alkanes of at least 4 members (excludes halogenated alkanes) is 1. The van der Waals surface area contributed by atoms with Crippen molar-refractivity contribution in [1.29, 1.82) is 0 Å². The molecule has 0 spiro atoms. The Labute approximate surface area is 139 Å². The number of hydrogen-bond donors (Lipinski definition) is 2. The van der Waals surface area contributed by atoms with Crippen LogP contribution in [0.25, 0.3) is 0 Å². The third-order valence-corrected chi connectivity index (χ3v) is 4.55. The van der Waals surface area contributed by atoms with Gasteiger partial charge in [0.15, 0.2) is 0 Å². The van der Waals surface area contributed by atoms with E-state index in [0.717, 1.165) is 19.3 Å². The van der Waals surface area contributed by atoms with Crippen molar-refractivity contribution in [3.63, 3.8) is 0 Å². The van der Waals surface area contributed by atoms with Gasteiger partial charge in [-0.25, -0.2) is 0 Å². The highest BCUT2D eigenvalue weighted by Crippen LogP contribution is 2.26. The Hall–Kier alpha value is -1.84. The maximum atomic E-state index is 11.9. The first-order chi connectivity index (χ1) is 11.2. The van der Waals surface area contributed by atoms with E-state index in [2.05, 4.69) is 17.6 Å². The number of carbonyl (C=O) groups excluding carboxylic acids is 2. The number of anilines is 1. The molecule has 0 aromatic heterocycles. The van der Waals surface area contributed by atoms with Crippen molar-refractivity contribution in [2.24, 2.45) is 5.92 Å². The predicted molar refractivity (Wildman–Crippen MR) is 93.3 cm³/mol. The van der Waals surface area contributed by atoms with E-state index in [0.29, 0.717) is 18.2 Å². The molecule has 0 heterocycles. The molecule has 23 heavy (non-hydrogen) atoms. The minimum atomic E-state index is -0.585. The van der Waals surface area contributed by atoms with Crippen LogP contribution in [0, 0.1) is 5.92 Å². The Balaban J connectivity index is 1.70. The smallest absolute Gasteiger partial charge is 0.313 e. The van der Waals surface area contributed by atoms with Crippen molar-refractivity contribution in [3.05, 3.63) is 29.8 Å². The zero-order valence-electron chi connectivity index (χ0n) is 14.1. The summed E-state index contributed by atoms with van der Waals surface area (Å²) >= 11 is 0. The number of benzene rings is 1. The molecule has 0 aliphatic heterocycles. The van der Waals surface area contributed by atoms with Crippen molar-refractivity contribution < 1.29 is 9.59 Å². The zero-order chi connectivity index (χ0) is 16.5. The van der Waals surface area contributed by atoms with Crippen LogP contribution in [-0.4, -0.2) is 18.4 Å². The fourth-order valence-electron chi connectivity index (χ4n) is 3.09. The fourth-order valence-corrected chi connectivity index (χ4v) is 3.09. The molecule has 2 rings (SSSR count). The summed E-state index contributed by atoms with van der Waals surface area (Å²) in [5.41, 5.74) is 1.92. The lowest BCUT2D eigenvalue weighted by molar-refractivity contribution is -0.136. The van der Waals surface area contributed by atoms with Crippen molar-refractivity contribution in [2.75, 3.05) is 11.9 Å². The zero-order valence-corrected chi connectivity index (χ0v) is 14.1. The molecule has 0 bridgehead atoms. The summed E-state index contributed by atoms with van der Waals surface area (Å²) < 4.78 is 0. The summed E-state index contributed by atoms with van der Waals surface area (Å²) in [7, 11) is 0. The lowest BCUT2D eigenvalue weighted by Crippen LogP contribution is -2.36. The lowest BCUT2D eigenvalue weighted by atomic mass is 10.0. The Bertz CT molecular complexity index is 505. The molecule has 1 fully saturated rings. The van der Waals surface area contributed by atoms with Crippen LogP contribution in [0.15, 0.2) is 24.3 Å². The molecule has 0 unspecified atom stereocenters. The molecular formula is C19H28N2O2. The van der Waals surface area contributed by atoms with E-state index in [-0.39, 0.29) is 0 Å². The average Bonchev–Trinajstić information content (AvgIpc) is 3.07. The Kier molecular flexibility index (Phi) is 7.11. The van der Waals surface area contributed by atoms with E-state index in [9.17, 15) is 9.59 Å². The quantitative estimate of drug-likeness (QED) is 0.754. The van der Waals surface area contributed by atoms with Gasteiger partial charge in [0.25, 0.3) is 0 Å². The Morgan fingerprint density at radius 1 is 1.09 bits per heavy atom. The highest BCUT2D eigenvalue weighted by Gasteiger charge is 2.17. The van der Waals surface area contributed by atoms with E-state index in [4.69, 9.17) is 0 Å². The van der Waals surface area contributed by atoms with Gasteiger partial charge in [0.05, 0.1) is 0 Å². The molecule has 4 heteroatoms. The molecular weight excluding hydrogens is 288 g/mol. The molecule has 1 aliphatic carbocycles. The van der Waals surface area contributed by atoms with Gasteiger partial charge in [-0.15, -0.1) is 0 Å². The number of nitrogens with one attached hydrogen (secondary N) is 2. The van der Waals surface area contributed by atoms with Crippen LogP contribution in [-0.2, 0) is 16.0 Å². The SMILES string of the molecule is CCCCc1ccc(NC(=O)C(=O)NCCC2CCCC2)cc1. The molecule has 1 aromatic rings. The molecule has 0 atom stereocenters. The summed E-state index contributed by atoms with van der Waals surface area (Å²) in [6.45, 7) is 2.76. The van der Waals surface area contributed by atoms with Crippen molar-refractivity contribution >= 4 is 17.5 Å². The summed E-state index contributed by atoms with van der Waals surface area (Å²) in [6.07, 6.45) is 9.46. The maximum Gasteiger partial charge on any atom is 0.313 e. The first kappa shape index (κ1) is 17.5. The highest BCUT2D eigenvalue weighted by molar-refractivity contribution is 6.39. The number of carbonyl (C=O) groups is 2. The monoisotopic (exact) mass is 316 g/mol. The van der Waals surface area contributed by atoms with Crippen LogP contribution in [0.2, 0.25) is 0 Å². The van der Waals surface area contributed by atoms with Gasteiger partial charge >= 0.3 is 11.8 Å². The molecule has 126 valence electrons. The van der Waals surface area contributed by atoms with E-state index < -0.39 is 11.8 Å². The number of amides is 2. The average molecular weight is 316 g/mol. The van der Waals surface area contributed by atoms with Gasteiger partial charge in [0.2, 0.25) is 0 Å². The second-order valence-corrected chi connectivity index (χ2v) is 6.45. The topological polar surface area (TPSA) is 58.2 Å². The van der Waals surface area contributed by atoms with E-state index in [1.165, 1.54) is 37.7 Å². The van der Waals surface area contributed by atoms with Crippen LogP contribution in [0.5, 0.6) is 0 Å². The van der Waals surface area contributed by atoms with E-state index in [1.54, 1.807) is 0 Å². The molecule has 0 saturated heterocycles. The molecule has 1 aromatic carbocycles. The largest absolute Gasteiger partial charge is 0.348 e. The second kappa shape index (κ2) is 9.33. The van der Waals surface area contributed by atoms with Gasteiger partial charge < -0.3 is 10.6 Å². The number of aryl methyl sites for hydroxylation is 1. The van der Waals surface area contributed by atoms with Gasteiger partial charge in [-0.05, 0) is 42.9 Å². The van der Waals surface area contributed by atoms with Crippen LogP contribution < -0.4 is 10.6 Å². The molecule has 2 N–H and O–H groups in total. The number of hydrogen-bond acceptors (Lipinski definition) is 2. The van der Waals surface area contributed by atoms with Crippen LogP contribution in [0.4, 0.5) is 5.69 Å². The summed E-state index contributed by atoms with van der Waals surface area (Å²) in [6, 6.07) is 7.72. The standard InChI is InChI=1S/C19H28N2O2/c1-2-3-6-16-9-11-17(12-10-16)21-19(23)18(22)20-14-13-15-7-4-5-8-15/h9-12,15H,2-8,13-14H2,1H3,(H,20,22)(H,21,23). The van der Waals surface area contributed by atoms with Gasteiger partial charge in [0, 0.05) is 12.2 Å². The summed E-state index contributed by atoms with van der Waals surface area (Å²) in [5, 5.41) is 5.37. The van der Waals surface area contributed by atoms with Crippen LogP contribution in [0.3, 0.4) is 0 Å². The molecule has 0 radical (unpaired) electrons. The fraction of sp³-hybridized carbons (Fsp3) is 0.579. The predicted octanol–water partition coefficient (Wildman–Crippen LogP) is 3.66. The first-order valence-corrected chi connectivity index (χ1v) is 8.87. The van der Waals surface area contributed by atoms with E-state index >= 15 is 0 Å². The summed E-state index contributed by atoms with van der Waals surface area (Å²) in [4.78, 5) is 23.7. The minimum absolute atomic E-state index is 0.543. The molecule has 1 saturated carbocycles. The maximum absolute atomic E-state index is 11.9. The molecule has 1 aliphatic rings. The molecule has 4 nitrogen and oxygen atoms in total. The van der Waals surface area contributed by atoms with E-state index in [1.807, 2.05) is 24.3 Å². The third kappa shape index (κ3) is 6.05. The van der Waals surface area contributed by atoms with Crippen molar-refractivity contribution in [2.45, 2.75) is 58.3 Å². The molecule has 2 amide bonds. The van der Waals surface area contributed by atoms with Crippen molar-refractivity contribution in [3.8, 4) is 0 Å². The Morgan fingerprint density at radius 3 is 2.43 bits per heavy atom. The van der Waals surface area contributed by atoms with Gasteiger partial charge in [-0.2, -0.15) is 0 Å². The number of rotatable bonds is 7. The second-order valence-electron chi connectivity index (χ2n) is 6.45. The normalized spacial score (nSPS) is 14.7. The van der Waals surface area contributed by atoms with Gasteiger partial charge in [-0.1, -0.05) is 51.2 Å². The van der Waals surface area contributed by atoms with Crippen LogP contribution in [0.1, 0.15) is 57.4 Å². The Morgan fingerprint density at radius 2 is 1.78 bits per heavy atom. The third-order valence-electron chi connectivity index (χ3n) is 4.55. The highest BCUT2D eigenvalue weighted by atomic mass is 16.2. The minimum Gasteiger partial charge on any atom is -0.348 e. The van der Waals surface area contributed by atoms with Crippen LogP contribution >= 0.6 is 0 Å². The summed E-state index contributed by atoms with van der Waals surface area (Å²) in [5.74, 6) is -0.412. The van der Waals surface area contributed by atoms with Gasteiger partial charge in [0.1, 0.15) is 0 Å².